The van der Waals surface area contributed by atoms with Crippen LogP contribution in [-0.2, 0) is 4.74 Å². The minimum Gasteiger partial charge on any atom is -0.482 e. The molecule has 0 fully saturated rings. The third-order valence-electron chi connectivity index (χ3n) is 1.50. The van der Waals surface area contributed by atoms with Crippen molar-refractivity contribution in [2.75, 3.05) is 13.7 Å². The predicted molar refractivity (Wildman–Crippen MR) is 51.6 cm³/mol. The van der Waals surface area contributed by atoms with E-state index in [1.54, 1.807) is 0 Å². The lowest BCUT2D eigenvalue weighted by atomic mass is 10.3. The van der Waals surface area contributed by atoms with Gasteiger partial charge in [0.2, 0.25) is 5.90 Å². The molecule has 0 aliphatic rings. The Kier molecular flexibility index (Phi) is 3.71. The van der Waals surface area contributed by atoms with Crippen LogP contribution in [0.3, 0.4) is 0 Å². The zero-order chi connectivity index (χ0) is 10.6. The Bertz CT molecular complexity index is 344. The average Bonchev–Trinajstić information content (AvgIpc) is 2.16. The molecule has 0 heterocycles. The first-order chi connectivity index (χ1) is 6.63. The number of rotatable bonds is 3. The Morgan fingerprint density at radius 2 is 2.29 bits per heavy atom. The Balaban J connectivity index is 2.63. The van der Waals surface area contributed by atoms with E-state index < -0.39 is 5.82 Å². The zero-order valence-corrected chi connectivity index (χ0v) is 8.27. The number of methoxy groups -OCH3 is 1. The molecule has 3 nitrogen and oxygen atoms in total. The summed E-state index contributed by atoms with van der Waals surface area (Å²) >= 11 is 5.68. The summed E-state index contributed by atoms with van der Waals surface area (Å²) in [5, 5.41) is 7.31. The molecule has 76 valence electrons. The second-order valence-electron chi connectivity index (χ2n) is 2.49. The number of benzene rings is 1. The third-order valence-corrected chi connectivity index (χ3v) is 1.79. The molecule has 0 amide bonds. The molecule has 0 aromatic heterocycles. The molecular formula is C9H9ClFNO2. The maximum Gasteiger partial charge on any atom is 0.219 e. The van der Waals surface area contributed by atoms with Gasteiger partial charge in [0.25, 0.3) is 0 Å². The van der Waals surface area contributed by atoms with Gasteiger partial charge in [-0.2, -0.15) is 0 Å². The lowest BCUT2D eigenvalue weighted by molar-refractivity contribution is 0.309. The normalized spacial score (nSPS) is 9.64. The summed E-state index contributed by atoms with van der Waals surface area (Å²) in [5.41, 5.74) is 0. The zero-order valence-electron chi connectivity index (χ0n) is 7.51. The molecule has 0 aliphatic heterocycles. The summed E-state index contributed by atoms with van der Waals surface area (Å²) in [4.78, 5) is 0. The fraction of sp³-hybridized carbons (Fsp3) is 0.222. The molecule has 14 heavy (non-hydrogen) atoms. The van der Waals surface area contributed by atoms with E-state index in [0.717, 1.165) is 6.07 Å². The van der Waals surface area contributed by atoms with Crippen molar-refractivity contribution in [3.63, 3.8) is 0 Å². The lowest BCUT2D eigenvalue weighted by Crippen LogP contribution is -2.11. The molecule has 0 bridgehead atoms. The van der Waals surface area contributed by atoms with Crippen molar-refractivity contribution in [3.8, 4) is 5.75 Å². The fourth-order valence-electron chi connectivity index (χ4n) is 0.794. The second-order valence-corrected chi connectivity index (χ2v) is 2.90. The Labute approximate surface area is 85.9 Å². The van der Waals surface area contributed by atoms with Crippen LogP contribution in [0, 0.1) is 11.2 Å². The van der Waals surface area contributed by atoms with Gasteiger partial charge in [0.1, 0.15) is 11.6 Å². The Hall–Kier alpha value is -1.29. The van der Waals surface area contributed by atoms with E-state index in [4.69, 9.17) is 21.7 Å². The Morgan fingerprint density at radius 1 is 1.57 bits per heavy atom. The van der Waals surface area contributed by atoms with Crippen molar-refractivity contribution in [3.05, 3.63) is 29.0 Å². The highest BCUT2D eigenvalue weighted by atomic mass is 35.5. The van der Waals surface area contributed by atoms with Gasteiger partial charge in [0.15, 0.2) is 6.61 Å². The van der Waals surface area contributed by atoms with Gasteiger partial charge >= 0.3 is 0 Å². The maximum absolute atomic E-state index is 12.6. The van der Waals surface area contributed by atoms with Crippen LogP contribution in [0.5, 0.6) is 5.75 Å². The summed E-state index contributed by atoms with van der Waals surface area (Å²) in [6, 6.07) is 3.78. The summed E-state index contributed by atoms with van der Waals surface area (Å²) in [6.45, 7) is -0.0259. The highest BCUT2D eigenvalue weighted by Gasteiger charge is 2.04. The topological polar surface area (TPSA) is 42.3 Å². The summed E-state index contributed by atoms with van der Waals surface area (Å²) < 4.78 is 22.3. The molecular weight excluding hydrogens is 209 g/mol. The van der Waals surface area contributed by atoms with Gasteiger partial charge in [0.05, 0.1) is 12.1 Å². The number of nitrogens with one attached hydrogen (secondary N) is 1. The minimum absolute atomic E-state index is 0.0228. The molecule has 0 spiro atoms. The summed E-state index contributed by atoms with van der Waals surface area (Å²) in [6.07, 6.45) is 0. The number of ether oxygens (including phenoxy) is 2. The van der Waals surface area contributed by atoms with Crippen molar-refractivity contribution >= 4 is 17.5 Å². The molecule has 1 rings (SSSR count). The van der Waals surface area contributed by atoms with Gasteiger partial charge < -0.3 is 9.47 Å². The monoisotopic (exact) mass is 217 g/mol. The fourth-order valence-corrected chi connectivity index (χ4v) is 1.02. The highest BCUT2D eigenvalue weighted by molar-refractivity contribution is 6.32. The Morgan fingerprint density at radius 3 is 2.86 bits per heavy atom. The van der Waals surface area contributed by atoms with Gasteiger partial charge in [-0.3, -0.25) is 5.41 Å². The smallest absolute Gasteiger partial charge is 0.219 e. The standard InChI is InChI=1S/C9H9ClFNO2/c1-13-9(12)5-14-8-3-2-6(11)4-7(8)10/h2-4,12H,5H2,1H3. The number of halogens is 2. The van der Waals surface area contributed by atoms with Crippen LogP contribution >= 0.6 is 11.6 Å². The number of hydrogen-bond donors (Lipinski definition) is 1. The molecule has 1 aromatic carbocycles. The van der Waals surface area contributed by atoms with Crippen LogP contribution in [0.1, 0.15) is 0 Å². The van der Waals surface area contributed by atoms with Crippen LogP contribution < -0.4 is 4.74 Å². The van der Waals surface area contributed by atoms with Gasteiger partial charge in [-0.1, -0.05) is 11.6 Å². The molecule has 0 atom stereocenters. The van der Waals surface area contributed by atoms with E-state index in [1.807, 2.05) is 0 Å². The quantitative estimate of drug-likeness (QED) is 0.624. The molecule has 0 radical (unpaired) electrons. The van der Waals surface area contributed by atoms with E-state index in [0.29, 0.717) is 5.75 Å². The van der Waals surface area contributed by atoms with Crippen LogP contribution in [0.2, 0.25) is 5.02 Å². The van der Waals surface area contributed by atoms with Crippen molar-refractivity contribution in [2.45, 2.75) is 0 Å². The van der Waals surface area contributed by atoms with Gasteiger partial charge in [-0.05, 0) is 18.2 Å². The van der Waals surface area contributed by atoms with Crippen LogP contribution in [0.25, 0.3) is 0 Å². The molecule has 1 N–H and O–H groups in total. The average molecular weight is 218 g/mol. The third kappa shape index (κ3) is 2.88. The van der Waals surface area contributed by atoms with E-state index in [2.05, 4.69) is 4.74 Å². The first-order valence-corrected chi connectivity index (χ1v) is 4.20. The van der Waals surface area contributed by atoms with Gasteiger partial charge in [-0.15, -0.1) is 0 Å². The van der Waals surface area contributed by atoms with E-state index >= 15 is 0 Å². The second kappa shape index (κ2) is 4.81. The molecule has 1 aromatic rings. The van der Waals surface area contributed by atoms with Crippen LogP contribution in [0.4, 0.5) is 4.39 Å². The molecule has 0 unspecified atom stereocenters. The lowest BCUT2D eigenvalue weighted by Gasteiger charge is -2.07. The van der Waals surface area contributed by atoms with Crippen molar-refractivity contribution in [1.29, 1.82) is 5.41 Å². The van der Waals surface area contributed by atoms with Crippen LogP contribution in [-0.4, -0.2) is 19.6 Å². The SMILES string of the molecule is COC(=N)COc1ccc(F)cc1Cl. The van der Waals surface area contributed by atoms with Gasteiger partial charge in [-0.25, -0.2) is 4.39 Å². The van der Waals surface area contributed by atoms with E-state index in [-0.39, 0.29) is 17.5 Å². The van der Waals surface area contributed by atoms with E-state index in [9.17, 15) is 4.39 Å². The largest absolute Gasteiger partial charge is 0.482 e. The summed E-state index contributed by atoms with van der Waals surface area (Å²) in [5.74, 6) is -0.121. The predicted octanol–water partition coefficient (Wildman–Crippen LogP) is 2.48. The summed E-state index contributed by atoms with van der Waals surface area (Å²) in [7, 11) is 1.37. The molecule has 0 aliphatic carbocycles. The van der Waals surface area contributed by atoms with Crippen molar-refractivity contribution in [1.82, 2.24) is 0 Å². The number of hydrogen-bond acceptors (Lipinski definition) is 3. The molecule has 5 heteroatoms. The molecule has 0 saturated carbocycles. The first kappa shape index (κ1) is 10.8. The highest BCUT2D eigenvalue weighted by Crippen LogP contribution is 2.24. The van der Waals surface area contributed by atoms with Gasteiger partial charge in [0, 0.05) is 0 Å². The molecule has 0 saturated heterocycles. The minimum atomic E-state index is -0.427. The van der Waals surface area contributed by atoms with Crippen molar-refractivity contribution in [2.24, 2.45) is 0 Å². The maximum atomic E-state index is 12.6. The van der Waals surface area contributed by atoms with E-state index in [1.165, 1.54) is 19.2 Å². The first-order valence-electron chi connectivity index (χ1n) is 3.82. The van der Waals surface area contributed by atoms with Crippen LogP contribution in [0.15, 0.2) is 18.2 Å². The van der Waals surface area contributed by atoms with Crippen molar-refractivity contribution < 1.29 is 13.9 Å².